The molecule has 0 radical (unpaired) electrons. The fourth-order valence-corrected chi connectivity index (χ4v) is 3.18. The first kappa shape index (κ1) is 16.6. The van der Waals surface area contributed by atoms with Crippen LogP contribution < -0.4 is 19.7 Å². The van der Waals surface area contributed by atoms with Crippen LogP contribution in [0.2, 0.25) is 0 Å². The number of nitrogens with zero attached hydrogens (tertiary/aromatic N) is 1. The minimum absolute atomic E-state index is 0.0351. The fraction of sp³-hybridized carbons (Fsp3) is 0.556. The van der Waals surface area contributed by atoms with Crippen LogP contribution >= 0.6 is 0 Å². The molecule has 2 fully saturated rings. The topological polar surface area (TPSA) is 67.9 Å². The standard InChI is InChI=1S/C18H24N2O4/c1-11(12-4-5-12)19-18(22)13-8-17(21)20(10-13)15-9-14(23-2)6-7-16(15)24-3/h6-7,9,11-13H,4-5,8,10H2,1-3H3,(H,19,22)/t11-,13-/m0/s1. The van der Waals surface area contributed by atoms with Crippen molar-refractivity contribution in [3.05, 3.63) is 18.2 Å². The van der Waals surface area contributed by atoms with E-state index < -0.39 is 0 Å². The summed E-state index contributed by atoms with van der Waals surface area (Å²) >= 11 is 0. The zero-order valence-electron chi connectivity index (χ0n) is 14.4. The molecular weight excluding hydrogens is 308 g/mol. The van der Waals surface area contributed by atoms with Gasteiger partial charge in [-0.05, 0) is 37.8 Å². The number of anilines is 1. The second-order valence-corrected chi connectivity index (χ2v) is 6.58. The highest BCUT2D eigenvalue weighted by molar-refractivity contribution is 6.01. The zero-order chi connectivity index (χ0) is 17.3. The van der Waals surface area contributed by atoms with E-state index >= 15 is 0 Å². The van der Waals surface area contributed by atoms with Gasteiger partial charge in [-0.2, -0.15) is 0 Å². The number of hydrogen-bond donors (Lipinski definition) is 1. The Morgan fingerprint density at radius 2 is 2.04 bits per heavy atom. The van der Waals surface area contributed by atoms with Gasteiger partial charge in [0.25, 0.3) is 0 Å². The van der Waals surface area contributed by atoms with Crippen LogP contribution in [0.25, 0.3) is 0 Å². The molecule has 0 bridgehead atoms. The number of carbonyl (C=O) groups excluding carboxylic acids is 2. The maximum atomic E-state index is 12.4. The first-order chi connectivity index (χ1) is 11.5. The second-order valence-electron chi connectivity index (χ2n) is 6.58. The average molecular weight is 332 g/mol. The van der Waals surface area contributed by atoms with E-state index in [9.17, 15) is 9.59 Å². The molecule has 1 aromatic carbocycles. The van der Waals surface area contributed by atoms with Gasteiger partial charge >= 0.3 is 0 Å². The van der Waals surface area contributed by atoms with Crippen molar-refractivity contribution >= 4 is 17.5 Å². The predicted octanol–water partition coefficient (Wildman–Crippen LogP) is 1.97. The van der Waals surface area contributed by atoms with Gasteiger partial charge in [-0.3, -0.25) is 9.59 Å². The van der Waals surface area contributed by atoms with Crippen molar-refractivity contribution in [2.24, 2.45) is 11.8 Å². The van der Waals surface area contributed by atoms with E-state index in [4.69, 9.17) is 9.47 Å². The van der Waals surface area contributed by atoms with Crippen LogP contribution in [-0.4, -0.2) is 38.6 Å². The van der Waals surface area contributed by atoms with Gasteiger partial charge in [0.1, 0.15) is 11.5 Å². The van der Waals surface area contributed by atoms with Crippen molar-refractivity contribution < 1.29 is 19.1 Å². The van der Waals surface area contributed by atoms with E-state index in [0.717, 1.165) is 0 Å². The molecule has 1 saturated heterocycles. The summed E-state index contributed by atoms with van der Waals surface area (Å²) in [5.41, 5.74) is 0.646. The molecule has 1 saturated carbocycles. The number of ether oxygens (including phenoxy) is 2. The molecule has 3 rings (SSSR count). The highest BCUT2D eigenvalue weighted by Crippen LogP contribution is 2.36. The normalized spacial score (nSPS) is 21.5. The van der Waals surface area contributed by atoms with Crippen LogP contribution in [0.1, 0.15) is 26.2 Å². The molecular formula is C18H24N2O4. The molecule has 0 aromatic heterocycles. The molecule has 1 aromatic rings. The van der Waals surface area contributed by atoms with Crippen molar-refractivity contribution in [2.45, 2.75) is 32.2 Å². The van der Waals surface area contributed by atoms with Gasteiger partial charge in [0, 0.05) is 25.1 Å². The van der Waals surface area contributed by atoms with E-state index in [1.807, 2.05) is 6.92 Å². The lowest BCUT2D eigenvalue weighted by Crippen LogP contribution is -2.39. The van der Waals surface area contributed by atoms with Crippen molar-refractivity contribution in [2.75, 3.05) is 25.7 Å². The summed E-state index contributed by atoms with van der Waals surface area (Å²) in [5.74, 6) is 1.41. The Balaban J connectivity index is 1.73. The Bertz CT molecular complexity index is 642. The molecule has 6 heteroatoms. The molecule has 0 spiro atoms. The van der Waals surface area contributed by atoms with Crippen LogP contribution in [-0.2, 0) is 9.59 Å². The molecule has 6 nitrogen and oxygen atoms in total. The molecule has 2 aliphatic rings. The molecule has 1 heterocycles. The summed E-state index contributed by atoms with van der Waals surface area (Å²) in [6.07, 6.45) is 2.58. The Morgan fingerprint density at radius 1 is 1.29 bits per heavy atom. The maximum absolute atomic E-state index is 12.4. The molecule has 1 aliphatic carbocycles. The van der Waals surface area contributed by atoms with Crippen molar-refractivity contribution in [1.29, 1.82) is 0 Å². The van der Waals surface area contributed by atoms with E-state index in [2.05, 4.69) is 5.32 Å². The van der Waals surface area contributed by atoms with Crippen LogP contribution in [0.3, 0.4) is 0 Å². The SMILES string of the molecule is COc1ccc(OC)c(N2C[C@@H](C(=O)N[C@@H](C)C3CC3)CC2=O)c1. The summed E-state index contributed by atoms with van der Waals surface area (Å²) < 4.78 is 10.6. The van der Waals surface area contributed by atoms with Gasteiger partial charge in [-0.25, -0.2) is 0 Å². The Hall–Kier alpha value is -2.24. The number of amides is 2. The third-order valence-electron chi connectivity index (χ3n) is 4.87. The quantitative estimate of drug-likeness (QED) is 0.865. The predicted molar refractivity (Wildman–Crippen MR) is 90.3 cm³/mol. The number of nitrogens with one attached hydrogen (secondary N) is 1. The number of rotatable bonds is 6. The summed E-state index contributed by atoms with van der Waals surface area (Å²) in [5, 5.41) is 3.05. The molecule has 24 heavy (non-hydrogen) atoms. The summed E-state index contributed by atoms with van der Waals surface area (Å²) in [4.78, 5) is 26.5. The van der Waals surface area contributed by atoms with Gasteiger partial charge in [0.15, 0.2) is 0 Å². The van der Waals surface area contributed by atoms with E-state index in [1.54, 1.807) is 37.3 Å². The van der Waals surface area contributed by atoms with Gasteiger partial charge < -0.3 is 19.7 Å². The van der Waals surface area contributed by atoms with Gasteiger partial charge in [-0.15, -0.1) is 0 Å². The summed E-state index contributed by atoms with van der Waals surface area (Å²) in [7, 11) is 3.14. The number of benzene rings is 1. The van der Waals surface area contributed by atoms with Crippen LogP contribution in [0.15, 0.2) is 18.2 Å². The number of methoxy groups -OCH3 is 2. The third-order valence-corrected chi connectivity index (χ3v) is 4.87. The highest BCUT2D eigenvalue weighted by Gasteiger charge is 2.38. The Morgan fingerprint density at radius 3 is 2.67 bits per heavy atom. The first-order valence-electron chi connectivity index (χ1n) is 8.36. The first-order valence-corrected chi connectivity index (χ1v) is 8.36. The van der Waals surface area contributed by atoms with Gasteiger partial charge in [0.2, 0.25) is 11.8 Å². The van der Waals surface area contributed by atoms with Crippen LogP contribution in [0.4, 0.5) is 5.69 Å². The van der Waals surface area contributed by atoms with Gasteiger partial charge in [-0.1, -0.05) is 0 Å². The van der Waals surface area contributed by atoms with Crippen molar-refractivity contribution in [3.8, 4) is 11.5 Å². The van der Waals surface area contributed by atoms with Gasteiger partial charge in [0.05, 0.1) is 25.8 Å². The van der Waals surface area contributed by atoms with Crippen LogP contribution in [0.5, 0.6) is 11.5 Å². The molecule has 130 valence electrons. The lowest BCUT2D eigenvalue weighted by molar-refractivity contribution is -0.127. The number of carbonyl (C=O) groups is 2. The van der Waals surface area contributed by atoms with Crippen molar-refractivity contribution in [3.63, 3.8) is 0 Å². The zero-order valence-corrected chi connectivity index (χ0v) is 14.4. The third kappa shape index (κ3) is 3.32. The second kappa shape index (κ2) is 6.71. The summed E-state index contributed by atoms with van der Waals surface area (Å²) in [6.45, 7) is 2.40. The monoisotopic (exact) mass is 332 g/mol. The fourth-order valence-electron chi connectivity index (χ4n) is 3.18. The van der Waals surface area contributed by atoms with E-state index in [0.29, 0.717) is 29.6 Å². The largest absolute Gasteiger partial charge is 0.497 e. The Labute approximate surface area is 142 Å². The Kier molecular flexibility index (Phi) is 4.64. The minimum atomic E-state index is -0.324. The van der Waals surface area contributed by atoms with E-state index in [1.165, 1.54) is 12.8 Å². The van der Waals surface area contributed by atoms with Crippen molar-refractivity contribution in [1.82, 2.24) is 5.32 Å². The molecule has 1 aliphatic heterocycles. The lowest BCUT2D eigenvalue weighted by Gasteiger charge is -2.21. The minimum Gasteiger partial charge on any atom is -0.497 e. The highest BCUT2D eigenvalue weighted by atomic mass is 16.5. The smallest absolute Gasteiger partial charge is 0.227 e. The van der Waals surface area contributed by atoms with Crippen LogP contribution in [0, 0.1) is 11.8 Å². The number of hydrogen-bond acceptors (Lipinski definition) is 4. The van der Waals surface area contributed by atoms with E-state index in [-0.39, 0.29) is 30.2 Å². The molecule has 0 unspecified atom stereocenters. The molecule has 1 N–H and O–H groups in total. The lowest BCUT2D eigenvalue weighted by atomic mass is 10.1. The average Bonchev–Trinajstić information content (AvgIpc) is 3.36. The molecule has 2 amide bonds. The summed E-state index contributed by atoms with van der Waals surface area (Å²) in [6, 6.07) is 5.51. The molecule has 2 atom stereocenters. The maximum Gasteiger partial charge on any atom is 0.227 e.